The van der Waals surface area contributed by atoms with Gasteiger partial charge in [0.05, 0.1) is 10.6 Å². The number of hydrogen-bond acceptors (Lipinski definition) is 2. The molecule has 1 aromatic carbocycles. The lowest BCUT2D eigenvalue weighted by Crippen LogP contribution is -2.37. The standard InChI is InChI=1S/C13H13Cl2NO2/c14-8-1-6-12(15)11(7-8)13(18)16-9-2-4-10(17)5-3-9/h1,6-7,9H,2-5H2,(H,16,18). The Bertz CT molecular complexity index is 478. The second-order valence-corrected chi connectivity index (χ2v) is 5.25. The second kappa shape index (κ2) is 5.72. The highest BCUT2D eigenvalue weighted by Crippen LogP contribution is 2.21. The van der Waals surface area contributed by atoms with E-state index in [-0.39, 0.29) is 17.7 Å². The van der Waals surface area contributed by atoms with Crippen LogP contribution >= 0.6 is 23.2 Å². The molecular weight excluding hydrogens is 273 g/mol. The van der Waals surface area contributed by atoms with Crippen LogP contribution in [0.2, 0.25) is 10.0 Å². The van der Waals surface area contributed by atoms with Crippen LogP contribution in [0.3, 0.4) is 0 Å². The van der Waals surface area contributed by atoms with Gasteiger partial charge in [-0.3, -0.25) is 9.59 Å². The molecule has 3 nitrogen and oxygen atoms in total. The van der Waals surface area contributed by atoms with E-state index < -0.39 is 0 Å². The van der Waals surface area contributed by atoms with Crippen LogP contribution in [-0.4, -0.2) is 17.7 Å². The molecule has 1 amide bonds. The molecule has 0 unspecified atom stereocenters. The first kappa shape index (κ1) is 13.4. The van der Waals surface area contributed by atoms with Crippen LogP contribution in [-0.2, 0) is 4.79 Å². The minimum absolute atomic E-state index is 0.0465. The van der Waals surface area contributed by atoms with Crippen LogP contribution in [0.1, 0.15) is 36.0 Å². The number of Topliss-reactive ketones (excluding diaryl/α,β-unsaturated/α-hetero) is 1. The Kier molecular flexibility index (Phi) is 4.25. The first-order valence-electron chi connectivity index (χ1n) is 5.84. The van der Waals surface area contributed by atoms with Crippen LogP contribution in [0.4, 0.5) is 0 Å². The van der Waals surface area contributed by atoms with Crippen molar-refractivity contribution in [2.24, 2.45) is 0 Å². The summed E-state index contributed by atoms with van der Waals surface area (Å²) < 4.78 is 0. The van der Waals surface area contributed by atoms with Crippen molar-refractivity contribution >= 4 is 34.9 Å². The number of halogens is 2. The fraction of sp³-hybridized carbons (Fsp3) is 0.385. The Morgan fingerprint density at radius 2 is 1.89 bits per heavy atom. The largest absolute Gasteiger partial charge is 0.349 e. The van der Waals surface area contributed by atoms with Gasteiger partial charge in [-0.05, 0) is 31.0 Å². The average Bonchev–Trinajstić information content (AvgIpc) is 2.35. The van der Waals surface area contributed by atoms with Crippen molar-refractivity contribution in [2.45, 2.75) is 31.7 Å². The highest BCUT2D eigenvalue weighted by molar-refractivity contribution is 6.35. The molecule has 1 N–H and O–H groups in total. The molecule has 1 fully saturated rings. The summed E-state index contributed by atoms with van der Waals surface area (Å²) >= 11 is 11.8. The van der Waals surface area contributed by atoms with E-state index >= 15 is 0 Å². The fourth-order valence-electron chi connectivity index (χ4n) is 2.02. The smallest absolute Gasteiger partial charge is 0.253 e. The van der Waals surface area contributed by atoms with E-state index in [2.05, 4.69) is 5.32 Å². The average molecular weight is 286 g/mol. The normalized spacial score (nSPS) is 16.7. The number of carbonyl (C=O) groups excluding carboxylic acids is 2. The number of carbonyl (C=O) groups is 2. The molecule has 5 heteroatoms. The van der Waals surface area contributed by atoms with Crippen molar-refractivity contribution in [1.29, 1.82) is 0 Å². The summed E-state index contributed by atoms with van der Waals surface area (Å²) in [5.74, 6) is 0.0307. The SMILES string of the molecule is O=C1CCC(NC(=O)c2cc(Cl)ccc2Cl)CC1. The van der Waals surface area contributed by atoms with E-state index in [1.54, 1.807) is 18.2 Å². The highest BCUT2D eigenvalue weighted by atomic mass is 35.5. The van der Waals surface area contributed by atoms with E-state index in [0.29, 0.717) is 41.3 Å². The summed E-state index contributed by atoms with van der Waals surface area (Å²) in [5.41, 5.74) is 0.376. The molecular formula is C13H13Cl2NO2. The number of ketones is 1. The molecule has 0 bridgehead atoms. The first-order valence-corrected chi connectivity index (χ1v) is 6.59. The third kappa shape index (κ3) is 3.24. The third-order valence-electron chi connectivity index (χ3n) is 3.05. The van der Waals surface area contributed by atoms with Gasteiger partial charge in [-0.1, -0.05) is 23.2 Å². The first-order chi connectivity index (χ1) is 8.56. The zero-order valence-corrected chi connectivity index (χ0v) is 11.2. The summed E-state index contributed by atoms with van der Waals surface area (Å²) in [7, 11) is 0. The summed E-state index contributed by atoms with van der Waals surface area (Å²) in [5, 5.41) is 3.74. The topological polar surface area (TPSA) is 46.2 Å². The Labute approximate surface area is 115 Å². The number of hydrogen-bond donors (Lipinski definition) is 1. The molecule has 0 saturated heterocycles. The lowest BCUT2D eigenvalue weighted by Gasteiger charge is -2.22. The lowest BCUT2D eigenvalue weighted by atomic mass is 9.94. The molecule has 0 atom stereocenters. The molecule has 0 aliphatic heterocycles. The second-order valence-electron chi connectivity index (χ2n) is 4.41. The van der Waals surface area contributed by atoms with E-state index in [0.717, 1.165) is 0 Å². The van der Waals surface area contributed by atoms with Crippen LogP contribution in [0, 0.1) is 0 Å². The van der Waals surface area contributed by atoms with Gasteiger partial charge in [0, 0.05) is 23.9 Å². The van der Waals surface area contributed by atoms with Gasteiger partial charge in [0.15, 0.2) is 0 Å². The van der Waals surface area contributed by atoms with Crippen molar-refractivity contribution < 1.29 is 9.59 Å². The van der Waals surface area contributed by atoms with Crippen LogP contribution in [0.5, 0.6) is 0 Å². The fourth-order valence-corrected chi connectivity index (χ4v) is 2.39. The Morgan fingerprint density at radius 1 is 1.22 bits per heavy atom. The van der Waals surface area contributed by atoms with Crippen LogP contribution < -0.4 is 5.32 Å². The van der Waals surface area contributed by atoms with Crippen LogP contribution in [0.25, 0.3) is 0 Å². The molecule has 0 spiro atoms. The lowest BCUT2D eigenvalue weighted by molar-refractivity contribution is -0.120. The molecule has 96 valence electrons. The third-order valence-corrected chi connectivity index (χ3v) is 3.62. The summed E-state index contributed by atoms with van der Waals surface area (Å²) in [6.45, 7) is 0. The van der Waals surface area contributed by atoms with Gasteiger partial charge >= 0.3 is 0 Å². The van der Waals surface area contributed by atoms with Crippen LogP contribution in [0.15, 0.2) is 18.2 Å². The number of benzene rings is 1. The number of nitrogens with one attached hydrogen (secondary N) is 1. The number of amides is 1. The van der Waals surface area contributed by atoms with Gasteiger partial charge in [0.2, 0.25) is 0 Å². The van der Waals surface area contributed by atoms with E-state index in [9.17, 15) is 9.59 Å². The van der Waals surface area contributed by atoms with Crippen molar-refractivity contribution in [3.63, 3.8) is 0 Å². The zero-order chi connectivity index (χ0) is 13.1. The van der Waals surface area contributed by atoms with Gasteiger partial charge in [-0.2, -0.15) is 0 Å². The zero-order valence-electron chi connectivity index (χ0n) is 9.71. The predicted molar refractivity (Wildman–Crippen MR) is 71.2 cm³/mol. The van der Waals surface area contributed by atoms with Gasteiger partial charge in [0.25, 0.3) is 5.91 Å². The molecule has 1 saturated carbocycles. The quantitative estimate of drug-likeness (QED) is 0.907. The van der Waals surface area contributed by atoms with Crippen molar-refractivity contribution in [3.05, 3.63) is 33.8 Å². The Hall–Kier alpha value is -1.06. The molecule has 1 aromatic rings. The van der Waals surface area contributed by atoms with Crippen molar-refractivity contribution in [2.75, 3.05) is 0 Å². The minimum Gasteiger partial charge on any atom is -0.349 e. The minimum atomic E-state index is -0.234. The van der Waals surface area contributed by atoms with Crippen molar-refractivity contribution in [3.8, 4) is 0 Å². The molecule has 1 aliphatic carbocycles. The molecule has 18 heavy (non-hydrogen) atoms. The maximum absolute atomic E-state index is 12.0. The Balaban J connectivity index is 2.03. The van der Waals surface area contributed by atoms with Gasteiger partial charge in [-0.25, -0.2) is 0 Å². The predicted octanol–water partition coefficient (Wildman–Crippen LogP) is 3.23. The summed E-state index contributed by atoms with van der Waals surface area (Å²) in [6, 6.07) is 4.83. The molecule has 0 radical (unpaired) electrons. The Morgan fingerprint density at radius 3 is 2.56 bits per heavy atom. The molecule has 1 aliphatic rings. The van der Waals surface area contributed by atoms with E-state index in [1.165, 1.54) is 0 Å². The monoisotopic (exact) mass is 285 g/mol. The highest BCUT2D eigenvalue weighted by Gasteiger charge is 2.21. The van der Waals surface area contributed by atoms with Gasteiger partial charge < -0.3 is 5.32 Å². The number of rotatable bonds is 2. The van der Waals surface area contributed by atoms with E-state index in [1.807, 2.05) is 0 Å². The molecule has 0 aromatic heterocycles. The maximum atomic E-state index is 12.0. The van der Waals surface area contributed by atoms with Crippen molar-refractivity contribution in [1.82, 2.24) is 5.32 Å². The summed E-state index contributed by atoms with van der Waals surface area (Å²) in [6.07, 6.45) is 2.47. The van der Waals surface area contributed by atoms with Gasteiger partial charge in [0.1, 0.15) is 5.78 Å². The molecule has 2 rings (SSSR count). The summed E-state index contributed by atoms with van der Waals surface area (Å²) in [4.78, 5) is 23.1. The van der Waals surface area contributed by atoms with E-state index in [4.69, 9.17) is 23.2 Å². The maximum Gasteiger partial charge on any atom is 0.253 e. The molecule has 0 heterocycles. The van der Waals surface area contributed by atoms with Gasteiger partial charge in [-0.15, -0.1) is 0 Å².